The van der Waals surface area contributed by atoms with Gasteiger partial charge in [0.15, 0.2) is 5.82 Å². The van der Waals surface area contributed by atoms with Gasteiger partial charge in [0, 0.05) is 11.6 Å². The van der Waals surface area contributed by atoms with Crippen LogP contribution in [0.1, 0.15) is 5.82 Å². The lowest BCUT2D eigenvalue weighted by Crippen LogP contribution is -1.99. The molecule has 3 rings (SSSR count). The zero-order valence-corrected chi connectivity index (χ0v) is 11.5. The Labute approximate surface area is 114 Å². The Morgan fingerprint density at radius 3 is 2.89 bits per heavy atom. The second-order valence-corrected chi connectivity index (χ2v) is 4.93. The molecule has 3 aromatic rings. The lowest BCUT2D eigenvalue weighted by Gasteiger charge is -2.07. The number of nitrogens with one attached hydrogen (secondary N) is 2. The van der Waals surface area contributed by atoms with E-state index in [9.17, 15) is 0 Å². The predicted molar refractivity (Wildman–Crippen MR) is 77.9 cm³/mol. The van der Waals surface area contributed by atoms with E-state index in [4.69, 9.17) is 0 Å². The highest BCUT2D eigenvalue weighted by molar-refractivity contribution is 7.98. The first-order valence-electron chi connectivity index (χ1n) is 5.85. The third-order valence-corrected chi connectivity index (χ3v) is 3.54. The average molecular weight is 271 g/mol. The molecular weight excluding hydrogens is 258 g/mol. The fourth-order valence-corrected chi connectivity index (χ4v) is 2.32. The summed E-state index contributed by atoms with van der Waals surface area (Å²) in [5, 5.41) is 11.6. The highest BCUT2D eigenvalue weighted by Crippen LogP contribution is 2.28. The number of aryl methyl sites for hydroxylation is 1. The molecule has 0 aliphatic heterocycles. The van der Waals surface area contributed by atoms with Crippen molar-refractivity contribution in [2.24, 2.45) is 0 Å². The van der Waals surface area contributed by atoms with Crippen molar-refractivity contribution in [2.45, 2.75) is 11.8 Å². The number of benzene rings is 1. The first-order valence-corrected chi connectivity index (χ1v) is 7.08. The molecule has 0 saturated carbocycles. The molecule has 19 heavy (non-hydrogen) atoms. The Morgan fingerprint density at radius 2 is 2.05 bits per heavy atom. The van der Waals surface area contributed by atoms with E-state index in [0.717, 1.165) is 33.3 Å². The number of aromatic amines is 1. The fraction of sp³-hybridized carbons (Fsp3) is 0.154. The molecule has 0 spiro atoms. The van der Waals surface area contributed by atoms with Gasteiger partial charge in [-0.25, -0.2) is 9.97 Å². The van der Waals surface area contributed by atoms with Gasteiger partial charge in [0.1, 0.15) is 11.6 Å². The van der Waals surface area contributed by atoms with Crippen LogP contribution < -0.4 is 5.32 Å². The molecule has 1 aromatic carbocycles. The van der Waals surface area contributed by atoms with Crippen molar-refractivity contribution in [1.29, 1.82) is 0 Å². The van der Waals surface area contributed by atoms with Crippen molar-refractivity contribution < 1.29 is 0 Å². The van der Waals surface area contributed by atoms with Crippen molar-refractivity contribution >= 4 is 34.3 Å². The van der Waals surface area contributed by atoms with Gasteiger partial charge < -0.3 is 5.32 Å². The second kappa shape index (κ2) is 4.89. The molecular formula is C13H13N5S. The smallest absolute Gasteiger partial charge is 0.161 e. The van der Waals surface area contributed by atoms with Gasteiger partial charge in [0.2, 0.25) is 0 Å². The maximum atomic E-state index is 4.43. The summed E-state index contributed by atoms with van der Waals surface area (Å²) in [6.07, 6.45) is 3.83. The van der Waals surface area contributed by atoms with Crippen molar-refractivity contribution in [3.63, 3.8) is 0 Å². The van der Waals surface area contributed by atoms with E-state index in [1.165, 1.54) is 0 Å². The van der Waals surface area contributed by atoms with Crippen LogP contribution in [0, 0.1) is 6.92 Å². The summed E-state index contributed by atoms with van der Waals surface area (Å²) in [4.78, 5) is 9.63. The highest BCUT2D eigenvalue weighted by Gasteiger charge is 2.09. The molecule has 2 heterocycles. The Hall–Kier alpha value is -2.08. The zero-order chi connectivity index (χ0) is 13.2. The first kappa shape index (κ1) is 12.0. The van der Waals surface area contributed by atoms with Gasteiger partial charge in [-0.2, -0.15) is 5.10 Å². The first-order chi connectivity index (χ1) is 9.28. The summed E-state index contributed by atoms with van der Waals surface area (Å²) >= 11 is 1.61. The van der Waals surface area contributed by atoms with Crippen LogP contribution in [0.4, 0.5) is 11.6 Å². The normalized spacial score (nSPS) is 10.8. The number of thioether (sulfide) groups is 1. The topological polar surface area (TPSA) is 66.5 Å². The number of para-hydroxylation sites is 1. The van der Waals surface area contributed by atoms with Crippen LogP contribution >= 0.6 is 11.8 Å². The van der Waals surface area contributed by atoms with E-state index >= 15 is 0 Å². The molecule has 0 fully saturated rings. The lowest BCUT2D eigenvalue weighted by atomic mass is 10.2. The molecule has 0 radical (unpaired) electrons. The summed E-state index contributed by atoms with van der Waals surface area (Å²) in [5.41, 5.74) is 1.00. The van der Waals surface area contributed by atoms with Crippen molar-refractivity contribution in [3.8, 4) is 0 Å². The predicted octanol–water partition coefficient (Wildman–Crippen LogP) is 3.13. The Balaban J connectivity index is 2.03. The van der Waals surface area contributed by atoms with Crippen molar-refractivity contribution in [1.82, 2.24) is 20.2 Å². The molecule has 6 heteroatoms. The Bertz CT molecular complexity index is 722. The number of anilines is 2. The van der Waals surface area contributed by atoms with E-state index in [2.05, 4.69) is 25.5 Å². The summed E-state index contributed by atoms with van der Waals surface area (Å²) in [5.74, 6) is 2.31. The molecule has 0 saturated heterocycles. The average Bonchev–Trinajstić information content (AvgIpc) is 2.83. The van der Waals surface area contributed by atoms with E-state index in [0.29, 0.717) is 0 Å². The summed E-state index contributed by atoms with van der Waals surface area (Å²) in [7, 11) is 0. The minimum atomic E-state index is 0.736. The Morgan fingerprint density at radius 1 is 1.21 bits per heavy atom. The maximum Gasteiger partial charge on any atom is 0.161 e. The molecule has 0 amide bonds. The van der Waals surface area contributed by atoms with Crippen LogP contribution in [-0.4, -0.2) is 26.4 Å². The second-order valence-electron chi connectivity index (χ2n) is 4.08. The van der Waals surface area contributed by atoms with Crippen LogP contribution in [0.3, 0.4) is 0 Å². The molecule has 2 N–H and O–H groups in total. The number of H-pyrrole nitrogens is 1. The van der Waals surface area contributed by atoms with Gasteiger partial charge in [-0.05, 0) is 25.3 Å². The van der Waals surface area contributed by atoms with Crippen LogP contribution in [0.25, 0.3) is 10.9 Å². The SMILES string of the molecule is CSc1cnc(C)nc1Nc1n[nH]c2ccccc12. The van der Waals surface area contributed by atoms with E-state index in [1.54, 1.807) is 11.8 Å². The van der Waals surface area contributed by atoms with Crippen LogP contribution in [0.5, 0.6) is 0 Å². The maximum absolute atomic E-state index is 4.43. The van der Waals surface area contributed by atoms with Gasteiger partial charge in [-0.15, -0.1) is 11.8 Å². The molecule has 96 valence electrons. The third kappa shape index (κ3) is 2.26. The third-order valence-electron chi connectivity index (χ3n) is 2.80. The van der Waals surface area contributed by atoms with Gasteiger partial charge in [0.05, 0.1) is 10.4 Å². The molecule has 5 nitrogen and oxygen atoms in total. The number of fused-ring (bicyclic) bond motifs is 1. The Kier molecular flexibility index (Phi) is 3.08. The summed E-state index contributed by atoms with van der Waals surface area (Å²) in [6, 6.07) is 7.98. The van der Waals surface area contributed by atoms with E-state index in [-0.39, 0.29) is 0 Å². The standard InChI is InChI=1S/C13H13N5S/c1-8-14-7-11(19-2)13(15-8)16-12-9-5-3-4-6-10(9)17-18-12/h3-7H,1-2H3,(H2,14,15,16,17,18). The summed E-state index contributed by atoms with van der Waals surface area (Å²) in [6.45, 7) is 1.87. The molecule has 0 unspecified atom stereocenters. The minimum Gasteiger partial charge on any atom is -0.322 e. The molecule has 2 aromatic heterocycles. The number of nitrogens with zero attached hydrogens (tertiary/aromatic N) is 3. The largest absolute Gasteiger partial charge is 0.322 e. The van der Waals surface area contributed by atoms with Gasteiger partial charge in [-0.1, -0.05) is 12.1 Å². The minimum absolute atomic E-state index is 0.736. The number of rotatable bonds is 3. The number of hydrogen-bond acceptors (Lipinski definition) is 5. The van der Waals surface area contributed by atoms with Crippen LogP contribution in [-0.2, 0) is 0 Å². The highest BCUT2D eigenvalue weighted by atomic mass is 32.2. The summed E-state index contributed by atoms with van der Waals surface area (Å²) < 4.78 is 0. The van der Waals surface area contributed by atoms with E-state index < -0.39 is 0 Å². The fourth-order valence-electron chi connectivity index (χ4n) is 1.87. The van der Waals surface area contributed by atoms with Crippen molar-refractivity contribution in [3.05, 3.63) is 36.3 Å². The molecule has 0 bridgehead atoms. The lowest BCUT2D eigenvalue weighted by molar-refractivity contribution is 1.01. The van der Waals surface area contributed by atoms with Crippen LogP contribution in [0.2, 0.25) is 0 Å². The quantitative estimate of drug-likeness (QED) is 0.716. The van der Waals surface area contributed by atoms with Gasteiger partial charge >= 0.3 is 0 Å². The van der Waals surface area contributed by atoms with Gasteiger partial charge in [0.25, 0.3) is 0 Å². The molecule has 0 aliphatic rings. The number of aromatic nitrogens is 4. The number of hydrogen-bond donors (Lipinski definition) is 2. The van der Waals surface area contributed by atoms with Crippen LogP contribution in [0.15, 0.2) is 35.4 Å². The van der Waals surface area contributed by atoms with Crippen molar-refractivity contribution in [2.75, 3.05) is 11.6 Å². The zero-order valence-electron chi connectivity index (χ0n) is 10.6. The molecule has 0 aliphatic carbocycles. The van der Waals surface area contributed by atoms with Gasteiger partial charge in [-0.3, -0.25) is 5.10 Å². The van der Waals surface area contributed by atoms with E-state index in [1.807, 2.05) is 43.6 Å². The monoisotopic (exact) mass is 271 g/mol. The molecule has 0 atom stereocenters.